The molecule has 7 heteroatoms. The summed E-state index contributed by atoms with van der Waals surface area (Å²) in [5.41, 5.74) is 0.911. The minimum atomic E-state index is 0.526. The maximum absolute atomic E-state index is 5.19. The molecular weight excluding hydrogens is 226 g/mol. The summed E-state index contributed by atoms with van der Waals surface area (Å²) in [6, 6.07) is 0. The zero-order valence-electron chi connectivity index (χ0n) is 9.23. The van der Waals surface area contributed by atoms with Crippen molar-refractivity contribution in [3.8, 4) is 10.8 Å². The van der Waals surface area contributed by atoms with E-state index in [1.807, 2.05) is 14.0 Å². The summed E-state index contributed by atoms with van der Waals surface area (Å²) in [5.74, 6) is 1.23. The molecule has 0 aliphatic rings. The van der Waals surface area contributed by atoms with Crippen LogP contribution in [0.4, 0.5) is 0 Å². The van der Waals surface area contributed by atoms with E-state index in [1.165, 1.54) is 11.5 Å². The first-order chi connectivity index (χ1) is 7.85. The predicted molar refractivity (Wildman–Crippen MR) is 60.2 cm³/mol. The smallest absolute Gasteiger partial charge is 0.271 e. The number of likely N-dealkylation sites (N-methyl/N-ethyl adjacent to an activating group) is 1. The highest BCUT2D eigenvalue weighted by Gasteiger charge is 2.15. The van der Waals surface area contributed by atoms with Crippen LogP contribution in [0.2, 0.25) is 0 Å². The van der Waals surface area contributed by atoms with Crippen LogP contribution in [-0.4, -0.2) is 33.3 Å². The Morgan fingerprint density at radius 3 is 3.06 bits per heavy atom. The van der Waals surface area contributed by atoms with Crippen LogP contribution in [0.3, 0.4) is 0 Å². The average molecular weight is 239 g/mol. The van der Waals surface area contributed by atoms with E-state index >= 15 is 0 Å². The molecule has 86 valence electrons. The van der Waals surface area contributed by atoms with E-state index in [0.717, 1.165) is 30.0 Å². The quantitative estimate of drug-likeness (QED) is 0.835. The molecule has 0 radical (unpaired) electrons. The lowest BCUT2D eigenvalue weighted by atomic mass is 10.3. The molecule has 0 unspecified atom stereocenters. The van der Waals surface area contributed by atoms with Crippen LogP contribution < -0.4 is 5.32 Å². The Bertz CT molecular complexity index is 452. The van der Waals surface area contributed by atoms with Gasteiger partial charge in [0.2, 0.25) is 0 Å². The number of nitrogens with one attached hydrogen (secondary N) is 1. The number of rotatable bonds is 5. The van der Waals surface area contributed by atoms with Crippen LogP contribution in [0.15, 0.2) is 4.52 Å². The SMILES string of the molecule is CCc1nnsc1-c1nc(CCNC)no1. The van der Waals surface area contributed by atoms with Gasteiger partial charge in [0.05, 0.1) is 5.69 Å². The van der Waals surface area contributed by atoms with Crippen molar-refractivity contribution in [3.05, 3.63) is 11.5 Å². The largest absolute Gasteiger partial charge is 0.333 e. The fourth-order valence-corrected chi connectivity index (χ4v) is 1.96. The van der Waals surface area contributed by atoms with E-state index in [9.17, 15) is 0 Å². The first-order valence-electron chi connectivity index (χ1n) is 5.14. The number of aromatic nitrogens is 4. The third-order valence-electron chi connectivity index (χ3n) is 2.15. The molecule has 0 amide bonds. The minimum absolute atomic E-state index is 0.526. The van der Waals surface area contributed by atoms with Gasteiger partial charge in [-0.3, -0.25) is 0 Å². The van der Waals surface area contributed by atoms with Crippen LogP contribution >= 0.6 is 11.5 Å². The molecule has 0 aliphatic heterocycles. The molecule has 0 aromatic carbocycles. The van der Waals surface area contributed by atoms with Gasteiger partial charge in [-0.1, -0.05) is 16.6 Å². The Kier molecular flexibility index (Phi) is 3.58. The molecule has 2 aromatic heterocycles. The Balaban J connectivity index is 2.18. The van der Waals surface area contributed by atoms with Gasteiger partial charge in [-0.15, -0.1) is 5.10 Å². The van der Waals surface area contributed by atoms with Crippen LogP contribution in [0, 0.1) is 0 Å². The Morgan fingerprint density at radius 2 is 2.31 bits per heavy atom. The molecule has 6 nitrogen and oxygen atoms in total. The van der Waals surface area contributed by atoms with Gasteiger partial charge < -0.3 is 9.84 Å². The molecule has 0 aliphatic carbocycles. The number of hydrogen-bond donors (Lipinski definition) is 1. The van der Waals surface area contributed by atoms with Crippen molar-refractivity contribution in [3.63, 3.8) is 0 Å². The normalized spacial score (nSPS) is 10.9. The maximum atomic E-state index is 5.19. The van der Waals surface area contributed by atoms with E-state index in [0.29, 0.717) is 11.7 Å². The van der Waals surface area contributed by atoms with Crippen LogP contribution in [0.25, 0.3) is 10.8 Å². The highest BCUT2D eigenvalue weighted by Crippen LogP contribution is 2.24. The second-order valence-electron chi connectivity index (χ2n) is 3.27. The van der Waals surface area contributed by atoms with Gasteiger partial charge in [-0.2, -0.15) is 4.98 Å². The third-order valence-corrected chi connectivity index (χ3v) is 2.91. The Morgan fingerprint density at radius 1 is 1.44 bits per heavy atom. The summed E-state index contributed by atoms with van der Waals surface area (Å²) in [5, 5.41) is 11.0. The number of hydrogen-bond acceptors (Lipinski definition) is 7. The molecule has 0 saturated heterocycles. The lowest BCUT2D eigenvalue weighted by Gasteiger charge is -1.91. The standard InChI is InChI=1S/C9H13N5OS/c1-3-6-8(16-14-12-6)9-11-7(13-15-9)4-5-10-2/h10H,3-5H2,1-2H3. The van der Waals surface area contributed by atoms with Gasteiger partial charge in [0.1, 0.15) is 4.88 Å². The fourth-order valence-electron chi connectivity index (χ4n) is 1.29. The van der Waals surface area contributed by atoms with Gasteiger partial charge in [-0.05, 0) is 25.0 Å². The molecule has 0 atom stereocenters. The van der Waals surface area contributed by atoms with E-state index in [4.69, 9.17) is 4.52 Å². The zero-order valence-corrected chi connectivity index (χ0v) is 10.0. The van der Waals surface area contributed by atoms with Gasteiger partial charge in [-0.25, -0.2) is 0 Å². The van der Waals surface area contributed by atoms with Crippen molar-refractivity contribution in [2.75, 3.05) is 13.6 Å². The highest BCUT2D eigenvalue weighted by molar-refractivity contribution is 7.09. The Labute approximate surface area is 97.2 Å². The topological polar surface area (TPSA) is 76.7 Å². The molecule has 0 bridgehead atoms. The summed E-state index contributed by atoms with van der Waals surface area (Å²) in [7, 11) is 1.89. The predicted octanol–water partition coefficient (Wildman–Crippen LogP) is 0.912. The monoisotopic (exact) mass is 239 g/mol. The van der Waals surface area contributed by atoms with Crippen LogP contribution in [0.5, 0.6) is 0 Å². The molecule has 0 spiro atoms. The fraction of sp³-hybridized carbons (Fsp3) is 0.556. The van der Waals surface area contributed by atoms with E-state index < -0.39 is 0 Å². The summed E-state index contributed by atoms with van der Waals surface area (Å²) in [6.45, 7) is 2.86. The Hall–Kier alpha value is -1.34. The maximum Gasteiger partial charge on any atom is 0.271 e. The molecule has 2 aromatic rings. The third kappa shape index (κ3) is 2.25. The van der Waals surface area contributed by atoms with Crippen molar-refractivity contribution in [1.29, 1.82) is 0 Å². The summed E-state index contributed by atoms with van der Waals surface area (Å²) in [4.78, 5) is 5.19. The molecule has 16 heavy (non-hydrogen) atoms. The van der Waals surface area contributed by atoms with Crippen molar-refractivity contribution >= 4 is 11.5 Å². The second kappa shape index (κ2) is 5.13. The van der Waals surface area contributed by atoms with E-state index in [-0.39, 0.29) is 0 Å². The second-order valence-corrected chi connectivity index (χ2v) is 4.03. The molecular formula is C9H13N5OS. The lowest BCUT2D eigenvalue weighted by molar-refractivity contribution is 0.422. The lowest BCUT2D eigenvalue weighted by Crippen LogP contribution is -2.10. The van der Waals surface area contributed by atoms with Crippen molar-refractivity contribution in [2.24, 2.45) is 0 Å². The molecule has 2 rings (SSSR count). The molecule has 2 heterocycles. The first kappa shape index (κ1) is 11.2. The molecule has 0 saturated carbocycles. The number of aryl methyl sites for hydroxylation is 1. The van der Waals surface area contributed by atoms with Crippen molar-refractivity contribution < 1.29 is 4.52 Å². The van der Waals surface area contributed by atoms with Gasteiger partial charge in [0, 0.05) is 13.0 Å². The highest BCUT2D eigenvalue weighted by atomic mass is 32.1. The summed E-state index contributed by atoms with van der Waals surface area (Å²) >= 11 is 1.29. The molecule has 0 fully saturated rings. The zero-order chi connectivity index (χ0) is 11.4. The van der Waals surface area contributed by atoms with Gasteiger partial charge in [0.25, 0.3) is 5.89 Å². The van der Waals surface area contributed by atoms with Crippen LogP contribution in [0.1, 0.15) is 18.4 Å². The van der Waals surface area contributed by atoms with Crippen molar-refractivity contribution in [1.82, 2.24) is 25.0 Å². The molecule has 1 N–H and O–H groups in total. The summed E-state index contributed by atoms with van der Waals surface area (Å²) in [6.07, 6.45) is 1.58. The van der Waals surface area contributed by atoms with E-state index in [2.05, 4.69) is 25.0 Å². The van der Waals surface area contributed by atoms with E-state index in [1.54, 1.807) is 0 Å². The average Bonchev–Trinajstić information content (AvgIpc) is 2.94. The first-order valence-corrected chi connectivity index (χ1v) is 5.91. The summed E-state index contributed by atoms with van der Waals surface area (Å²) < 4.78 is 9.08. The van der Waals surface area contributed by atoms with Crippen LogP contribution in [-0.2, 0) is 12.8 Å². The number of nitrogens with zero attached hydrogens (tertiary/aromatic N) is 4. The van der Waals surface area contributed by atoms with Gasteiger partial charge >= 0.3 is 0 Å². The van der Waals surface area contributed by atoms with Gasteiger partial charge in [0.15, 0.2) is 5.82 Å². The minimum Gasteiger partial charge on any atom is -0.333 e. The van der Waals surface area contributed by atoms with Crippen molar-refractivity contribution in [2.45, 2.75) is 19.8 Å².